The summed E-state index contributed by atoms with van der Waals surface area (Å²) in [6.07, 6.45) is 13.8. The minimum absolute atomic E-state index is 0.0987. The van der Waals surface area contributed by atoms with E-state index < -0.39 is 5.41 Å². The van der Waals surface area contributed by atoms with Crippen LogP contribution in [0, 0.1) is 0 Å². The molecule has 3 heteroatoms. The molecule has 1 atom stereocenters. The number of fused-ring (bicyclic) bond motifs is 1. The number of anilines is 2. The van der Waals surface area contributed by atoms with Crippen molar-refractivity contribution in [3.63, 3.8) is 0 Å². The van der Waals surface area contributed by atoms with Crippen molar-refractivity contribution in [3.05, 3.63) is 127 Å². The van der Waals surface area contributed by atoms with Gasteiger partial charge in [-0.2, -0.15) is 0 Å². The number of hydrogen-bond donors (Lipinski definition) is 0. The lowest BCUT2D eigenvalue weighted by atomic mass is 9.72. The fraction of sp³-hybridized carbons (Fsp3) is 0.172. The van der Waals surface area contributed by atoms with Crippen molar-refractivity contribution in [1.29, 1.82) is 0 Å². The minimum atomic E-state index is -0.722. The Labute approximate surface area is 190 Å². The molecule has 2 aromatic carbocycles. The average molecular weight is 421 g/mol. The molecule has 0 saturated carbocycles. The van der Waals surface area contributed by atoms with Crippen molar-refractivity contribution in [1.82, 2.24) is 4.98 Å². The molecule has 0 aliphatic carbocycles. The van der Waals surface area contributed by atoms with E-state index in [-0.39, 0.29) is 5.91 Å². The zero-order chi connectivity index (χ0) is 22.4. The fourth-order valence-electron chi connectivity index (χ4n) is 4.54. The van der Waals surface area contributed by atoms with Gasteiger partial charge in [0.25, 0.3) is 0 Å². The highest BCUT2D eigenvalue weighted by Gasteiger charge is 2.51. The predicted octanol–water partition coefficient (Wildman–Crippen LogP) is 6.71. The van der Waals surface area contributed by atoms with Gasteiger partial charge >= 0.3 is 0 Å². The number of carbonyl (C=O) groups excluding carboxylic acids is 1. The lowest BCUT2D eigenvalue weighted by Gasteiger charge is -2.30. The number of pyridine rings is 1. The van der Waals surface area contributed by atoms with E-state index >= 15 is 0 Å². The SMILES string of the molecule is C=C/C=C(\C=C/CC)CC1(Cc2ccncc2)C(=O)N(c2ccccc2)c2ccccc21. The normalized spacial score (nSPS) is 18.2. The van der Waals surface area contributed by atoms with Gasteiger partial charge in [0, 0.05) is 18.1 Å². The van der Waals surface area contributed by atoms with Gasteiger partial charge in [0.1, 0.15) is 0 Å². The number of carbonyl (C=O) groups is 1. The summed E-state index contributed by atoms with van der Waals surface area (Å²) in [6.45, 7) is 6.01. The summed E-state index contributed by atoms with van der Waals surface area (Å²) in [7, 11) is 0. The van der Waals surface area contributed by atoms with E-state index in [9.17, 15) is 4.79 Å². The molecule has 1 aliphatic rings. The molecule has 0 saturated heterocycles. The molecular weight excluding hydrogens is 392 g/mol. The van der Waals surface area contributed by atoms with E-state index in [0.717, 1.165) is 34.5 Å². The molecule has 0 radical (unpaired) electrons. The summed E-state index contributed by atoms with van der Waals surface area (Å²) in [5, 5.41) is 0. The minimum Gasteiger partial charge on any atom is -0.280 e. The van der Waals surface area contributed by atoms with E-state index in [2.05, 4.69) is 36.7 Å². The highest BCUT2D eigenvalue weighted by Crippen LogP contribution is 2.50. The van der Waals surface area contributed by atoms with E-state index in [1.54, 1.807) is 18.5 Å². The molecule has 2 heterocycles. The molecule has 160 valence electrons. The first kappa shape index (κ1) is 21.5. The van der Waals surface area contributed by atoms with Crippen LogP contribution >= 0.6 is 0 Å². The standard InChI is InChI=1S/C29H28N2O/c1-3-5-12-23(11-4-2)21-29(22-24-17-19-30-20-18-24)26-15-9-10-16-27(26)31(28(29)32)25-13-7-6-8-14-25/h4-20H,2-3,21-22H2,1H3/b12-5-,23-11+. The molecule has 0 fully saturated rings. The molecule has 0 bridgehead atoms. The molecule has 3 nitrogen and oxygen atoms in total. The van der Waals surface area contributed by atoms with Crippen LogP contribution in [0.25, 0.3) is 0 Å². The third-order valence-corrected chi connectivity index (χ3v) is 5.95. The van der Waals surface area contributed by atoms with Crippen molar-refractivity contribution in [3.8, 4) is 0 Å². The lowest BCUT2D eigenvalue weighted by molar-refractivity contribution is -0.122. The van der Waals surface area contributed by atoms with Crippen molar-refractivity contribution in [2.45, 2.75) is 31.6 Å². The Kier molecular flexibility index (Phi) is 6.46. The molecule has 32 heavy (non-hydrogen) atoms. The van der Waals surface area contributed by atoms with Gasteiger partial charge in [-0.1, -0.05) is 74.2 Å². The Hall–Kier alpha value is -3.72. The van der Waals surface area contributed by atoms with Crippen LogP contribution in [0.2, 0.25) is 0 Å². The van der Waals surface area contributed by atoms with Crippen LogP contribution in [0.4, 0.5) is 11.4 Å². The van der Waals surface area contributed by atoms with E-state index in [4.69, 9.17) is 0 Å². The number of aromatic nitrogens is 1. The van der Waals surface area contributed by atoms with Crippen molar-refractivity contribution >= 4 is 17.3 Å². The predicted molar refractivity (Wildman–Crippen MR) is 132 cm³/mol. The topological polar surface area (TPSA) is 33.2 Å². The maximum absolute atomic E-state index is 14.3. The largest absolute Gasteiger partial charge is 0.280 e. The van der Waals surface area contributed by atoms with Gasteiger partial charge in [-0.05, 0) is 66.3 Å². The third kappa shape index (κ3) is 4.06. The second kappa shape index (κ2) is 9.61. The number of para-hydroxylation sites is 2. The molecule has 4 rings (SSSR count). The fourth-order valence-corrected chi connectivity index (χ4v) is 4.54. The van der Waals surface area contributed by atoms with E-state index in [0.29, 0.717) is 12.8 Å². The molecule has 1 aliphatic heterocycles. The smallest absolute Gasteiger partial charge is 0.242 e. The van der Waals surface area contributed by atoms with Gasteiger partial charge in [0.05, 0.1) is 11.1 Å². The molecule has 0 spiro atoms. The van der Waals surface area contributed by atoms with Gasteiger partial charge in [0.2, 0.25) is 5.91 Å². The van der Waals surface area contributed by atoms with E-state index in [1.165, 1.54) is 0 Å². The Morgan fingerprint density at radius 1 is 1.03 bits per heavy atom. The molecule has 1 amide bonds. The van der Waals surface area contributed by atoms with Crippen LogP contribution in [0.3, 0.4) is 0 Å². The molecular formula is C29H28N2O. The van der Waals surface area contributed by atoms with Gasteiger partial charge in [-0.15, -0.1) is 0 Å². The second-order valence-corrected chi connectivity index (χ2v) is 8.07. The van der Waals surface area contributed by atoms with Gasteiger partial charge in [-0.25, -0.2) is 0 Å². The Morgan fingerprint density at radius 3 is 2.47 bits per heavy atom. The third-order valence-electron chi connectivity index (χ3n) is 5.95. The summed E-state index contributed by atoms with van der Waals surface area (Å²) in [5.74, 6) is 0.0987. The maximum Gasteiger partial charge on any atom is 0.242 e. The van der Waals surface area contributed by atoms with Crippen molar-refractivity contribution in [2.75, 3.05) is 4.90 Å². The highest BCUT2D eigenvalue weighted by atomic mass is 16.2. The number of allylic oxidation sites excluding steroid dienone is 5. The van der Waals surface area contributed by atoms with Crippen molar-refractivity contribution < 1.29 is 4.79 Å². The maximum atomic E-state index is 14.3. The van der Waals surface area contributed by atoms with Gasteiger partial charge in [0.15, 0.2) is 0 Å². The van der Waals surface area contributed by atoms with Crippen LogP contribution in [-0.2, 0) is 16.6 Å². The number of rotatable bonds is 8. The summed E-state index contributed by atoms with van der Waals surface area (Å²) in [6, 6.07) is 22.1. The Morgan fingerprint density at radius 2 is 1.75 bits per heavy atom. The van der Waals surface area contributed by atoms with Gasteiger partial charge < -0.3 is 0 Å². The lowest BCUT2D eigenvalue weighted by Crippen LogP contribution is -2.40. The number of benzene rings is 2. The zero-order valence-corrected chi connectivity index (χ0v) is 18.4. The summed E-state index contributed by atoms with van der Waals surface area (Å²) in [5.41, 5.74) is 4.37. The van der Waals surface area contributed by atoms with E-state index in [1.807, 2.05) is 71.6 Å². The Balaban J connectivity index is 1.90. The summed E-state index contributed by atoms with van der Waals surface area (Å²) in [4.78, 5) is 20.4. The number of amides is 1. The summed E-state index contributed by atoms with van der Waals surface area (Å²) < 4.78 is 0. The molecule has 3 aromatic rings. The van der Waals surface area contributed by atoms with Crippen LogP contribution in [0.5, 0.6) is 0 Å². The second-order valence-electron chi connectivity index (χ2n) is 8.07. The first-order chi connectivity index (χ1) is 15.7. The highest BCUT2D eigenvalue weighted by molar-refractivity contribution is 6.13. The quantitative estimate of drug-likeness (QED) is 0.380. The average Bonchev–Trinajstić information content (AvgIpc) is 3.06. The van der Waals surface area contributed by atoms with Crippen LogP contribution in [0.1, 0.15) is 30.9 Å². The molecule has 1 unspecified atom stereocenters. The monoisotopic (exact) mass is 420 g/mol. The summed E-state index contributed by atoms with van der Waals surface area (Å²) >= 11 is 0. The number of nitrogens with zero attached hydrogens (tertiary/aromatic N) is 2. The zero-order valence-electron chi connectivity index (χ0n) is 18.4. The van der Waals surface area contributed by atoms with Crippen LogP contribution in [0.15, 0.2) is 116 Å². The van der Waals surface area contributed by atoms with Crippen LogP contribution < -0.4 is 4.90 Å². The molecule has 0 N–H and O–H groups in total. The Bertz CT molecular complexity index is 1150. The van der Waals surface area contributed by atoms with Gasteiger partial charge in [-0.3, -0.25) is 14.7 Å². The molecule has 1 aromatic heterocycles. The number of hydrogen-bond acceptors (Lipinski definition) is 2. The first-order valence-electron chi connectivity index (χ1n) is 11.1. The van der Waals surface area contributed by atoms with Crippen LogP contribution in [-0.4, -0.2) is 10.9 Å². The first-order valence-corrected chi connectivity index (χ1v) is 11.1. The van der Waals surface area contributed by atoms with Crippen molar-refractivity contribution in [2.24, 2.45) is 0 Å².